The van der Waals surface area contributed by atoms with E-state index in [9.17, 15) is 14.3 Å². The lowest BCUT2D eigenvalue weighted by Crippen LogP contribution is -2.44. The molecule has 0 aliphatic carbocycles. The van der Waals surface area contributed by atoms with E-state index in [0.717, 1.165) is 44.6 Å². The molecule has 2 N–H and O–H groups in total. The van der Waals surface area contributed by atoms with E-state index in [1.807, 2.05) is 26.0 Å². The summed E-state index contributed by atoms with van der Waals surface area (Å²) >= 11 is 0. The normalized spacial score (nSPS) is 13.9. The average molecular weight is 587 g/mol. The van der Waals surface area contributed by atoms with Gasteiger partial charge in [-0.15, -0.1) is 0 Å². The third-order valence-corrected chi connectivity index (χ3v) is 7.73. The number of carbonyl (C=O) groups is 1. The first kappa shape index (κ1) is 28.6. The van der Waals surface area contributed by atoms with Gasteiger partial charge in [0, 0.05) is 68.8 Å². The Morgan fingerprint density at radius 1 is 1.02 bits per heavy atom. The van der Waals surface area contributed by atoms with Crippen LogP contribution in [0.25, 0.3) is 44.0 Å². The fourth-order valence-electron chi connectivity index (χ4n) is 5.50. The van der Waals surface area contributed by atoms with Crippen molar-refractivity contribution in [1.82, 2.24) is 30.2 Å². The first-order chi connectivity index (χ1) is 20.6. The van der Waals surface area contributed by atoms with Crippen molar-refractivity contribution < 1.29 is 18.7 Å². The van der Waals surface area contributed by atoms with Gasteiger partial charge in [0.25, 0.3) is 0 Å². The molecule has 0 spiro atoms. The number of Topliss-reactive ketones (excluding diaryl/α,β-unsaturated/α-hetero) is 1. The van der Waals surface area contributed by atoms with Crippen LogP contribution in [0.15, 0.2) is 36.5 Å². The van der Waals surface area contributed by atoms with E-state index >= 15 is 4.39 Å². The maximum Gasteiger partial charge on any atom is 0.229 e. The van der Waals surface area contributed by atoms with Gasteiger partial charge in [-0.3, -0.25) is 9.78 Å². The second-order valence-electron chi connectivity index (χ2n) is 11.1. The van der Waals surface area contributed by atoms with Crippen LogP contribution in [0.4, 0.5) is 20.5 Å². The van der Waals surface area contributed by atoms with Gasteiger partial charge >= 0.3 is 0 Å². The van der Waals surface area contributed by atoms with Crippen LogP contribution in [-0.2, 0) is 0 Å². The fraction of sp³-hybridized carbons (Fsp3) is 0.323. The molecule has 0 amide bonds. The number of carbonyl (C=O) groups excluding carboxylic acids is 1. The van der Waals surface area contributed by atoms with Crippen molar-refractivity contribution in [1.29, 1.82) is 0 Å². The molecule has 1 saturated heterocycles. The molecule has 0 saturated carbocycles. The van der Waals surface area contributed by atoms with Crippen LogP contribution in [0, 0.1) is 11.6 Å². The minimum Gasteiger partial charge on any atom is -0.508 e. The number of piperazine rings is 1. The monoisotopic (exact) mass is 586 g/mol. The van der Waals surface area contributed by atoms with E-state index in [4.69, 9.17) is 9.97 Å². The quantitative estimate of drug-likeness (QED) is 0.215. The fourth-order valence-corrected chi connectivity index (χ4v) is 5.50. The number of nitrogens with zero attached hydrogens (tertiary/aromatic N) is 7. The lowest BCUT2D eigenvalue weighted by molar-refractivity contribution is 0.101. The number of halogens is 2. The van der Waals surface area contributed by atoms with Crippen molar-refractivity contribution in [3.8, 4) is 17.0 Å². The van der Waals surface area contributed by atoms with Crippen LogP contribution < -0.4 is 15.1 Å². The maximum absolute atomic E-state index is 16.4. The number of nitrogens with one attached hydrogen (secondary N) is 1. The van der Waals surface area contributed by atoms with E-state index in [-0.39, 0.29) is 33.5 Å². The van der Waals surface area contributed by atoms with Crippen LogP contribution in [0.2, 0.25) is 0 Å². The summed E-state index contributed by atoms with van der Waals surface area (Å²) < 4.78 is 31.3. The SMILES string of the molecule is CC(=O)c1c(F)ccc2cc(O)cc(-c3ncc4cc5c(N6CCNCC6)nc(N(C)CCN(C)C)nc5nc4c3F)c12. The number of hydrogen-bond acceptors (Lipinski definition) is 10. The Kier molecular flexibility index (Phi) is 7.49. The number of ketones is 1. The highest BCUT2D eigenvalue weighted by atomic mass is 19.1. The molecule has 222 valence electrons. The third-order valence-electron chi connectivity index (χ3n) is 7.73. The van der Waals surface area contributed by atoms with E-state index in [0.29, 0.717) is 34.3 Å². The number of aromatic nitrogens is 4. The zero-order valence-corrected chi connectivity index (χ0v) is 24.4. The molecule has 0 unspecified atom stereocenters. The molecule has 10 nitrogen and oxygen atoms in total. The van der Waals surface area contributed by atoms with Crippen LogP contribution in [0.3, 0.4) is 0 Å². The van der Waals surface area contributed by atoms with Crippen LogP contribution in [0.1, 0.15) is 17.3 Å². The molecule has 0 atom stereocenters. The molecule has 6 rings (SSSR count). The van der Waals surface area contributed by atoms with E-state index < -0.39 is 17.4 Å². The average Bonchev–Trinajstić information content (AvgIpc) is 2.99. The predicted molar refractivity (Wildman–Crippen MR) is 164 cm³/mol. The van der Waals surface area contributed by atoms with Crippen molar-refractivity contribution >= 4 is 50.3 Å². The van der Waals surface area contributed by atoms with Crippen LogP contribution in [-0.4, -0.2) is 96.1 Å². The highest BCUT2D eigenvalue weighted by Gasteiger charge is 2.24. The van der Waals surface area contributed by atoms with Gasteiger partial charge in [0.2, 0.25) is 5.95 Å². The molecule has 1 fully saturated rings. The maximum atomic E-state index is 16.4. The first-order valence-corrected chi connectivity index (χ1v) is 14.1. The molecule has 12 heteroatoms. The highest BCUT2D eigenvalue weighted by Crippen LogP contribution is 2.38. The molecule has 5 aromatic rings. The van der Waals surface area contributed by atoms with Crippen molar-refractivity contribution in [2.24, 2.45) is 0 Å². The van der Waals surface area contributed by atoms with Gasteiger partial charge in [0.05, 0.1) is 10.9 Å². The summed E-state index contributed by atoms with van der Waals surface area (Å²) in [6, 6.07) is 7.07. The molecule has 0 radical (unpaired) electrons. The largest absolute Gasteiger partial charge is 0.508 e. The summed E-state index contributed by atoms with van der Waals surface area (Å²) in [7, 11) is 5.90. The number of likely N-dealkylation sites (N-methyl/N-ethyl adjacent to an activating group) is 2. The summed E-state index contributed by atoms with van der Waals surface area (Å²) in [6.45, 7) is 5.81. The lowest BCUT2D eigenvalue weighted by Gasteiger charge is -2.30. The molecule has 1 aliphatic rings. The van der Waals surface area contributed by atoms with Gasteiger partial charge in [0.1, 0.15) is 28.6 Å². The Bertz CT molecular complexity index is 1890. The van der Waals surface area contributed by atoms with Crippen molar-refractivity contribution in [3.63, 3.8) is 0 Å². The molecular formula is C31H32F2N8O2. The second-order valence-corrected chi connectivity index (χ2v) is 11.1. The Hall–Kier alpha value is -4.55. The van der Waals surface area contributed by atoms with Gasteiger partial charge in [-0.05, 0) is 50.7 Å². The number of pyridine rings is 2. The number of rotatable bonds is 7. The lowest BCUT2D eigenvalue weighted by atomic mass is 9.94. The summed E-state index contributed by atoms with van der Waals surface area (Å²) in [5, 5.41) is 15.5. The molecule has 43 heavy (non-hydrogen) atoms. The number of benzene rings is 2. The minimum atomic E-state index is -0.769. The van der Waals surface area contributed by atoms with E-state index in [2.05, 4.69) is 25.1 Å². The number of aromatic hydroxyl groups is 1. The Labute approximate surface area is 247 Å². The molecular weight excluding hydrogens is 554 g/mol. The summed E-state index contributed by atoms with van der Waals surface area (Å²) in [4.78, 5) is 37.4. The van der Waals surface area contributed by atoms with Crippen LogP contribution in [0.5, 0.6) is 5.75 Å². The third kappa shape index (κ3) is 5.28. The minimum absolute atomic E-state index is 0.0154. The Balaban J connectivity index is 1.58. The molecule has 1 aliphatic heterocycles. The first-order valence-electron chi connectivity index (χ1n) is 14.1. The van der Waals surface area contributed by atoms with Crippen molar-refractivity contribution in [2.45, 2.75) is 6.92 Å². The van der Waals surface area contributed by atoms with Gasteiger partial charge in [-0.1, -0.05) is 6.07 Å². The summed E-state index contributed by atoms with van der Waals surface area (Å²) in [6.07, 6.45) is 1.49. The zero-order valence-electron chi connectivity index (χ0n) is 24.4. The number of phenolic OH excluding ortho intramolecular Hbond substituents is 1. The van der Waals surface area contributed by atoms with Gasteiger partial charge in [-0.2, -0.15) is 9.97 Å². The van der Waals surface area contributed by atoms with Gasteiger partial charge < -0.3 is 25.1 Å². The molecule has 3 aromatic heterocycles. The Morgan fingerprint density at radius 2 is 1.79 bits per heavy atom. The Morgan fingerprint density at radius 3 is 2.51 bits per heavy atom. The smallest absolute Gasteiger partial charge is 0.229 e. The zero-order chi connectivity index (χ0) is 30.4. The standard InChI is InChI=1S/C31H32F2N8O2/c1-17(42)24-23(32)6-5-18-13-20(43)15-21(25(18)24)28-26(33)27-19(16-35-28)14-22-29(36-27)37-31(40(4)12-11-39(2)3)38-30(22)41-9-7-34-8-10-41/h5-6,13-16,34,43H,7-12H2,1-4H3. The summed E-state index contributed by atoms with van der Waals surface area (Å²) in [5.74, 6) is -1.00. The van der Waals surface area contributed by atoms with Gasteiger partial charge in [0.15, 0.2) is 17.2 Å². The predicted octanol–water partition coefficient (Wildman–Crippen LogP) is 3.99. The number of fused-ring (bicyclic) bond motifs is 3. The molecule has 4 heterocycles. The topological polar surface area (TPSA) is 111 Å². The molecule has 2 aromatic carbocycles. The van der Waals surface area contributed by atoms with Crippen molar-refractivity contribution in [2.75, 3.05) is 70.2 Å². The van der Waals surface area contributed by atoms with Gasteiger partial charge in [-0.25, -0.2) is 13.8 Å². The van der Waals surface area contributed by atoms with Crippen molar-refractivity contribution in [3.05, 3.63) is 53.7 Å². The number of hydrogen-bond donors (Lipinski definition) is 2. The van der Waals surface area contributed by atoms with E-state index in [1.165, 1.54) is 31.3 Å². The summed E-state index contributed by atoms with van der Waals surface area (Å²) in [5.41, 5.74) is 0.0816. The number of phenols is 1. The molecule has 0 bridgehead atoms. The highest BCUT2D eigenvalue weighted by molar-refractivity contribution is 6.13. The van der Waals surface area contributed by atoms with E-state index in [1.54, 1.807) is 6.07 Å². The number of anilines is 2. The van der Waals surface area contributed by atoms with Crippen LogP contribution >= 0.6 is 0 Å². The second kappa shape index (κ2) is 11.3.